The van der Waals surface area contributed by atoms with Crippen molar-refractivity contribution in [2.45, 2.75) is 32.6 Å². The van der Waals surface area contributed by atoms with Gasteiger partial charge in [-0.25, -0.2) is 0 Å². The lowest BCUT2D eigenvalue weighted by Crippen LogP contribution is -2.11. The Bertz CT molecular complexity index is 682. The van der Waals surface area contributed by atoms with Crippen molar-refractivity contribution in [3.63, 3.8) is 0 Å². The number of nitrogens with one attached hydrogen (secondary N) is 1. The Hall–Kier alpha value is -2.35. The molecular formula is C14H16N4O3S. The molecule has 7 nitrogen and oxygen atoms in total. The third-order valence-corrected chi connectivity index (χ3v) is 4.32. The zero-order valence-electron chi connectivity index (χ0n) is 12.3. The van der Waals surface area contributed by atoms with Crippen LogP contribution < -0.4 is 5.32 Å². The summed E-state index contributed by atoms with van der Waals surface area (Å²) in [5.41, 5.74) is 0.0936. The number of carbonyl (C=O) groups is 1. The molecule has 8 heteroatoms. The SMILES string of the molecule is CCC(CC)c1nnc(NC(=O)c2cccc([N+](=O)[O-])c2)s1. The Morgan fingerprint density at radius 3 is 2.73 bits per heavy atom. The molecule has 116 valence electrons. The lowest BCUT2D eigenvalue weighted by atomic mass is 10.1. The fourth-order valence-electron chi connectivity index (χ4n) is 2.02. The maximum absolute atomic E-state index is 12.1. The highest BCUT2D eigenvalue weighted by Gasteiger charge is 2.16. The highest BCUT2D eigenvalue weighted by atomic mass is 32.1. The Morgan fingerprint density at radius 2 is 2.09 bits per heavy atom. The number of hydrogen-bond acceptors (Lipinski definition) is 6. The molecule has 0 fully saturated rings. The molecule has 0 saturated carbocycles. The number of hydrogen-bond donors (Lipinski definition) is 1. The third kappa shape index (κ3) is 3.64. The molecule has 0 aliphatic carbocycles. The van der Waals surface area contributed by atoms with Gasteiger partial charge in [0.2, 0.25) is 5.13 Å². The molecular weight excluding hydrogens is 304 g/mol. The van der Waals surface area contributed by atoms with Crippen LogP contribution in [-0.2, 0) is 0 Å². The second-order valence-electron chi connectivity index (χ2n) is 4.72. The second-order valence-corrected chi connectivity index (χ2v) is 5.73. The van der Waals surface area contributed by atoms with E-state index in [1.807, 2.05) is 0 Å². The van der Waals surface area contributed by atoms with E-state index in [1.165, 1.54) is 35.6 Å². The molecule has 0 bridgehead atoms. The molecule has 0 unspecified atom stereocenters. The number of benzene rings is 1. The molecule has 0 radical (unpaired) electrons. The molecule has 1 aromatic heterocycles. The van der Waals surface area contributed by atoms with Crippen LogP contribution in [0.15, 0.2) is 24.3 Å². The molecule has 0 saturated heterocycles. The Labute approximate surface area is 131 Å². The summed E-state index contributed by atoms with van der Waals surface area (Å²) < 4.78 is 0. The molecule has 0 atom stereocenters. The summed E-state index contributed by atoms with van der Waals surface area (Å²) in [6.45, 7) is 4.16. The second kappa shape index (κ2) is 7.08. The van der Waals surface area contributed by atoms with Crippen molar-refractivity contribution < 1.29 is 9.72 Å². The molecule has 0 aliphatic rings. The summed E-state index contributed by atoms with van der Waals surface area (Å²) in [5, 5.41) is 22.7. The molecule has 2 rings (SSSR count). The van der Waals surface area contributed by atoms with Gasteiger partial charge in [-0.3, -0.25) is 20.2 Å². The van der Waals surface area contributed by atoms with E-state index >= 15 is 0 Å². The van der Waals surface area contributed by atoms with Crippen LogP contribution in [0.4, 0.5) is 10.8 Å². The van der Waals surface area contributed by atoms with E-state index in [1.54, 1.807) is 0 Å². The summed E-state index contributed by atoms with van der Waals surface area (Å²) in [7, 11) is 0. The number of nitro benzene ring substituents is 1. The van der Waals surface area contributed by atoms with E-state index in [0.29, 0.717) is 11.0 Å². The van der Waals surface area contributed by atoms with E-state index in [-0.39, 0.29) is 11.3 Å². The summed E-state index contributed by atoms with van der Waals surface area (Å²) >= 11 is 1.34. The summed E-state index contributed by atoms with van der Waals surface area (Å²) in [5.74, 6) is -0.100. The fraction of sp³-hybridized carbons (Fsp3) is 0.357. The van der Waals surface area contributed by atoms with Crippen LogP contribution in [0.1, 0.15) is 48.0 Å². The molecule has 1 amide bonds. The number of anilines is 1. The van der Waals surface area contributed by atoms with Gasteiger partial charge in [-0.15, -0.1) is 10.2 Å². The number of carbonyl (C=O) groups excluding carboxylic acids is 1. The molecule has 2 aromatic rings. The number of rotatable bonds is 6. The molecule has 1 aromatic carbocycles. The van der Waals surface area contributed by atoms with Crippen LogP contribution in [0.25, 0.3) is 0 Å². The van der Waals surface area contributed by atoms with Crippen LogP contribution in [0.3, 0.4) is 0 Å². The van der Waals surface area contributed by atoms with Crippen molar-refractivity contribution in [3.05, 3.63) is 45.0 Å². The summed E-state index contributed by atoms with van der Waals surface area (Å²) in [4.78, 5) is 22.3. The first-order chi connectivity index (χ1) is 10.5. The lowest BCUT2D eigenvalue weighted by Gasteiger charge is -2.05. The van der Waals surface area contributed by atoms with Crippen molar-refractivity contribution in [3.8, 4) is 0 Å². The minimum absolute atomic E-state index is 0.123. The fourth-order valence-corrected chi connectivity index (χ4v) is 3.02. The maximum Gasteiger partial charge on any atom is 0.270 e. The van der Waals surface area contributed by atoms with Gasteiger partial charge in [0, 0.05) is 23.6 Å². The Morgan fingerprint density at radius 1 is 1.36 bits per heavy atom. The zero-order valence-corrected chi connectivity index (χ0v) is 13.1. The standard InChI is InChI=1S/C14H16N4O3S/c1-3-9(4-2)13-16-17-14(22-13)15-12(19)10-6-5-7-11(8-10)18(20)21/h5-9H,3-4H2,1-2H3,(H,15,17,19). The maximum atomic E-state index is 12.1. The Balaban J connectivity index is 2.12. The van der Waals surface area contributed by atoms with E-state index < -0.39 is 10.8 Å². The van der Waals surface area contributed by atoms with Crippen LogP contribution in [0, 0.1) is 10.1 Å². The number of nitrogens with zero attached hydrogens (tertiary/aromatic N) is 3. The normalized spacial score (nSPS) is 10.7. The zero-order chi connectivity index (χ0) is 16.1. The van der Waals surface area contributed by atoms with E-state index in [9.17, 15) is 14.9 Å². The van der Waals surface area contributed by atoms with Crippen molar-refractivity contribution in [2.24, 2.45) is 0 Å². The quantitative estimate of drug-likeness (QED) is 0.647. The van der Waals surface area contributed by atoms with Gasteiger partial charge < -0.3 is 0 Å². The summed E-state index contributed by atoms with van der Waals surface area (Å²) in [6.07, 6.45) is 1.92. The molecule has 22 heavy (non-hydrogen) atoms. The molecule has 0 spiro atoms. The average molecular weight is 320 g/mol. The van der Waals surface area contributed by atoms with Crippen molar-refractivity contribution >= 4 is 28.1 Å². The topological polar surface area (TPSA) is 98.0 Å². The highest BCUT2D eigenvalue weighted by molar-refractivity contribution is 7.15. The average Bonchev–Trinajstić information content (AvgIpc) is 2.97. The minimum Gasteiger partial charge on any atom is -0.296 e. The molecule has 1 heterocycles. The van der Waals surface area contributed by atoms with Crippen LogP contribution in [-0.4, -0.2) is 21.0 Å². The number of nitro groups is 1. The van der Waals surface area contributed by atoms with Gasteiger partial charge in [0.25, 0.3) is 11.6 Å². The highest BCUT2D eigenvalue weighted by Crippen LogP contribution is 2.28. The van der Waals surface area contributed by atoms with Gasteiger partial charge >= 0.3 is 0 Å². The number of non-ortho nitro benzene ring substituents is 1. The Kier molecular flexibility index (Phi) is 5.16. The van der Waals surface area contributed by atoms with Gasteiger partial charge in [-0.1, -0.05) is 31.3 Å². The monoisotopic (exact) mass is 320 g/mol. The van der Waals surface area contributed by atoms with Crippen molar-refractivity contribution in [1.82, 2.24) is 10.2 Å². The van der Waals surface area contributed by atoms with Crippen molar-refractivity contribution in [2.75, 3.05) is 5.32 Å². The van der Waals surface area contributed by atoms with E-state index in [2.05, 4.69) is 29.4 Å². The van der Waals surface area contributed by atoms with Crippen LogP contribution >= 0.6 is 11.3 Å². The van der Waals surface area contributed by atoms with Gasteiger partial charge in [-0.05, 0) is 18.9 Å². The molecule has 1 N–H and O–H groups in total. The van der Waals surface area contributed by atoms with Gasteiger partial charge in [0.05, 0.1) is 4.92 Å². The first kappa shape index (κ1) is 16.0. The first-order valence-electron chi connectivity index (χ1n) is 6.94. The van der Waals surface area contributed by atoms with Gasteiger partial charge in [0.1, 0.15) is 5.01 Å². The summed E-state index contributed by atoms with van der Waals surface area (Å²) in [6, 6.07) is 5.57. The smallest absolute Gasteiger partial charge is 0.270 e. The number of aromatic nitrogens is 2. The van der Waals surface area contributed by atoms with E-state index in [0.717, 1.165) is 17.8 Å². The molecule has 0 aliphatic heterocycles. The van der Waals surface area contributed by atoms with E-state index in [4.69, 9.17) is 0 Å². The predicted octanol–water partition coefficient (Wildman–Crippen LogP) is 3.60. The number of amides is 1. The predicted molar refractivity (Wildman–Crippen MR) is 84.3 cm³/mol. The first-order valence-corrected chi connectivity index (χ1v) is 7.76. The van der Waals surface area contributed by atoms with Gasteiger partial charge in [0.15, 0.2) is 0 Å². The lowest BCUT2D eigenvalue weighted by molar-refractivity contribution is -0.384. The van der Waals surface area contributed by atoms with Crippen molar-refractivity contribution in [1.29, 1.82) is 0 Å². The third-order valence-electron chi connectivity index (χ3n) is 3.32. The van der Waals surface area contributed by atoms with Crippen LogP contribution in [0.5, 0.6) is 0 Å². The van der Waals surface area contributed by atoms with Crippen LogP contribution in [0.2, 0.25) is 0 Å². The largest absolute Gasteiger partial charge is 0.296 e. The minimum atomic E-state index is -0.535. The van der Waals surface area contributed by atoms with Gasteiger partial charge in [-0.2, -0.15) is 0 Å².